The van der Waals surface area contributed by atoms with Gasteiger partial charge in [-0.3, -0.25) is 9.59 Å². The molecule has 3 aliphatic rings. The lowest BCUT2D eigenvalue weighted by molar-refractivity contribution is -0.160. The maximum absolute atomic E-state index is 11.2. The van der Waals surface area contributed by atoms with Crippen molar-refractivity contribution in [2.75, 3.05) is 0 Å². The Kier molecular flexibility index (Phi) is 1.38. The molecule has 0 bridgehead atoms. The fraction of sp³-hybridized carbons (Fsp3) is 0.500. The summed E-state index contributed by atoms with van der Waals surface area (Å²) in [6.45, 7) is 0. The molecule has 78 valence electrons. The molecule has 0 spiro atoms. The van der Waals surface area contributed by atoms with Crippen molar-refractivity contribution >= 4 is 23.9 Å². The highest BCUT2D eigenvalue weighted by Gasteiger charge is 2.66. The van der Waals surface area contributed by atoms with Gasteiger partial charge in [-0.2, -0.15) is 0 Å². The Morgan fingerprint density at radius 3 is 1.47 bits per heavy atom. The first kappa shape index (κ1) is 8.54. The molecule has 0 aromatic rings. The van der Waals surface area contributed by atoms with Crippen LogP contribution in [0.1, 0.15) is 0 Å². The van der Waals surface area contributed by atoms with Crippen LogP contribution >= 0.6 is 0 Å². The fourth-order valence-corrected chi connectivity index (χ4v) is 2.10. The summed E-state index contributed by atoms with van der Waals surface area (Å²) < 4.78 is 13.6. The standard InChI is InChI=1S/C8H4O7/c9-5-1-2-4(8(12)15-6(2)10)13-3(1)7(11)14-5/h1-4H/t1-,2-,3-,4-/m1/s1. The lowest BCUT2D eigenvalue weighted by atomic mass is 9.90. The summed E-state index contributed by atoms with van der Waals surface area (Å²) in [5, 5.41) is 0. The lowest BCUT2D eigenvalue weighted by Gasteiger charge is -2.03. The monoisotopic (exact) mass is 212 g/mol. The van der Waals surface area contributed by atoms with E-state index in [-0.39, 0.29) is 0 Å². The SMILES string of the molecule is O=C1OC(=O)[C@@H]2O[C@H]3C(=O)OC(=O)[C@@H]3[C@@H]12. The summed E-state index contributed by atoms with van der Waals surface area (Å²) >= 11 is 0. The number of esters is 4. The minimum absolute atomic E-state index is 0.829. The van der Waals surface area contributed by atoms with Gasteiger partial charge in [0, 0.05) is 0 Å². The van der Waals surface area contributed by atoms with Crippen molar-refractivity contribution in [3.63, 3.8) is 0 Å². The largest absolute Gasteiger partial charge is 0.391 e. The molecule has 7 heteroatoms. The molecule has 0 saturated carbocycles. The summed E-state index contributed by atoms with van der Waals surface area (Å²) in [5.41, 5.74) is 0. The van der Waals surface area contributed by atoms with Crippen LogP contribution in [0.5, 0.6) is 0 Å². The summed E-state index contributed by atoms with van der Waals surface area (Å²) in [7, 11) is 0. The molecule has 0 unspecified atom stereocenters. The predicted octanol–water partition coefficient (Wildman–Crippen LogP) is -1.85. The lowest BCUT2D eigenvalue weighted by Crippen LogP contribution is -2.27. The van der Waals surface area contributed by atoms with Crippen LogP contribution in [-0.4, -0.2) is 36.1 Å². The van der Waals surface area contributed by atoms with Gasteiger partial charge in [0.1, 0.15) is 11.8 Å². The molecule has 0 amide bonds. The van der Waals surface area contributed by atoms with Gasteiger partial charge >= 0.3 is 23.9 Å². The van der Waals surface area contributed by atoms with Gasteiger partial charge in [-0.1, -0.05) is 0 Å². The molecule has 0 aromatic carbocycles. The van der Waals surface area contributed by atoms with Crippen LogP contribution in [0.3, 0.4) is 0 Å². The molecule has 0 N–H and O–H groups in total. The molecule has 3 fully saturated rings. The van der Waals surface area contributed by atoms with Crippen LogP contribution in [0.2, 0.25) is 0 Å². The molecule has 3 saturated heterocycles. The van der Waals surface area contributed by atoms with Gasteiger partial charge in [-0.25, -0.2) is 9.59 Å². The average Bonchev–Trinajstić information content (AvgIpc) is 2.72. The number of ether oxygens (including phenoxy) is 3. The second-order valence-electron chi connectivity index (χ2n) is 3.51. The molecular formula is C8H4O7. The first-order valence-corrected chi connectivity index (χ1v) is 4.26. The summed E-state index contributed by atoms with van der Waals surface area (Å²) in [4.78, 5) is 44.6. The van der Waals surface area contributed by atoms with Crippen LogP contribution in [0.25, 0.3) is 0 Å². The number of hydrogen-bond donors (Lipinski definition) is 0. The quantitative estimate of drug-likeness (QED) is 0.343. The third-order valence-electron chi connectivity index (χ3n) is 2.74. The van der Waals surface area contributed by atoms with Gasteiger partial charge < -0.3 is 14.2 Å². The highest BCUT2D eigenvalue weighted by atomic mass is 16.7. The Hall–Kier alpha value is -1.76. The van der Waals surface area contributed by atoms with Crippen molar-refractivity contribution in [2.45, 2.75) is 12.2 Å². The second-order valence-corrected chi connectivity index (χ2v) is 3.51. The van der Waals surface area contributed by atoms with E-state index in [1.165, 1.54) is 0 Å². The Balaban J connectivity index is 2.03. The number of carbonyl (C=O) groups excluding carboxylic acids is 4. The van der Waals surface area contributed by atoms with Gasteiger partial charge in [0.25, 0.3) is 0 Å². The van der Waals surface area contributed by atoms with Crippen molar-refractivity contribution in [1.82, 2.24) is 0 Å². The van der Waals surface area contributed by atoms with Gasteiger partial charge in [-0.15, -0.1) is 0 Å². The topological polar surface area (TPSA) is 96.0 Å². The molecule has 0 aliphatic carbocycles. The van der Waals surface area contributed by atoms with Crippen molar-refractivity contribution in [1.29, 1.82) is 0 Å². The van der Waals surface area contributed by atoms with Gasteiger partial charge in [0.2, 0.25) is 0 Å². The molecule has 15 heavy (non-hydrogen) atoms. The number of fused-ring (bicyclic) bond motifs is 3. The van der Waals surface area contributed by atoms with E-state index in [2.05, 4.69) is 9.47 Å². The normalized spacial score (nSPS) is 42.7. The summed E-state index contributed by atoms with van der Waals surface area (Å²) in [5.74, 6) is -5.41. The number of cyclic esters (lactones) is 4. The van der Waals surface area contributed by atoms with Gasteiger partial charge in [0.05, 0.1) is 0 Å². The molecule has 7 nitrogen and oxygen atoms in total. The molecule has 3 aliphatic heterocycles. The third kappa shape index (κ3) is 0.878. The van der Waals surface area contributed by atoms with E-state index in [4.69, 9.17) is 4.74 Å². The van der Waals surface area contributed by atoms with Crippen LogP contribution in [0.15, 0.2) is 0 Å². The first-order chi connectivity index (χ1) is 7.09. The average molecular weight is 212 g/mol. The molecule has 0 aromatic heterocycles. The van der Waals surface area contributed by atoms with Gasteiger partial charge in [-0.05, 0) is 0 Å². The summed E-state index contributed by atoms with van der Waals surface area (Å²) in [6.07, 6.45) is -2.27. The Labute approximate surface area is 82.3 Å². The van der Waals surface area contributed by atoms with Crippen LogP contribution in [0.4, 0.5) is 0 Å². The fourth-order valence-electron chi connectivity index (χ4n) is 2.10. The van der Waals surface area contributed by atoms with Crippen LogP contribution in [-0.2, 0) is 33.4 Å². The highest BCUT2D eigenvalue weighted by Crippen LogP contribution is 2.42. The zero-order valence-electron chi connectivity index (χ0n) is 7.17. The number of rotatable bonds is 0. The van der Waals surface area contributed by atoms with Crippen LogP contribution in [0, 0.1) is 11.8 Å². The Bertz CT molecular complexity index is 373. The van der Waals surface area contributed by atoms with Crippen molar-refractivity contribution in [2.24, 2.45) is 11.8 Å². The van der Waals surface area contributed by atoms with E-state index >= 15 is 0 Å². The van der Waals surface area contributed by atoms with Crippen molar-refractivity contribution in [3.8, 4) is 0 Å². The van der Waals surface area contributed by atoms with Gasteiger partial charge in [0.15, 0.2) is 12.2 Å². The smallest absolute Gasteiger partial charge is 0.343 e. The molecular weight excluding hydrogens is 208 g/mol. The van der Waals surface area contributed by atoms with E-state index in [1.54, 1.807) is 0 Å². The van der Waals surface area contributed by atoms with Crippen LogP contribution < -0.4 is 0 Å². The van der Waals surface area contributed by atoms with E-state index in [0.717, 1.165) is 0 Å². The van der Waals surface area contributed by atoms with E-state index in [9.17, 15) is 19.2 Å². The molecule has 3 rings (SSSR count). The minimum atomic E-state index is -1.13. The highest BCUT2D eigenvalue weighted by molar-refractivity contribution is 6.07. The summed E-state index contributed by atoms with van der Waals surface area (Å²) in [6, 6.07) is 0. The van der Waals surface area contributed by atoms with Crippen molar-refractivity contribution < 1.29 is 33.4 Å². The zero-order chi connectivity index (χ0) is 10.7. The predicted molar refractivity (Wildman–Crippen MR) is 37.8 cm³/mol. The molecule has 4 atom stereocenters. The van der Waals surface area contributed by atoms with E-state index < -0.39 is 47.9 Å². The van der Waals surface area contributed by atoms with E-state index in [0.29, 0.717) is 0 Å². The zero-order valence-corrected chi connectivity index (χ0v) is 7.17. The Morgan fingerprint density at radius 1 is 0.667 bits per heavy atom. The maximum Gasteiger partial charge on any atom is 0.343 e. The first-order valence-electron chi connectivity index (χ1n) is 4.26. The van der Waals surface area contributed by atoms with E-state index in [1.807, 2.05) is 0 Å². The molecule has 3 heterocycles. The molecule has 0 radical (unpaired) electrons. The second kappa shape index (κ2) is 2.43. The maximum atomic E-state index is 11.2. The Morgan fingerprint density at radius 2 is 1.07 bits per heavy atom. The number of hydrogen-bond acceptors (Lipinski definition) is 7. The third-order valence-corrected chi connectivity index (χ3v) is 2.74. The number of carbonyl (C=O) groups is 4. The van der Waals surface area contributed by atoms with Crippen molar-refractivity contribution in [3.05, 3.63) is 0 Å². The minimum Gasteiger partial charge on any atom is -0.391 e.